The van der Waals surface area contributed by atoms with Gasteiger partial charge < -0.3 is 15.0 Å². The summed E-state index contributed by atoms with van der Waals surface area (Å²) in [6, 6.07) is 11.8. The molecule has 184 valence electrons. The van der Waals surface area contributed by atoms with Gasteiger partial charge in [0.15, 0.2) is 0 Å². The summed E-state index contributed by atoms with van der Waals surface area (Å²) >= 11 is 6.33. The van der Waals surface area contributed by atoms with Crippen LogP contribution in [0.2, 0.25) is 5.02 Å². The maximum atomic E-state index is 13.8. The molecule has 2 N–H and O–H groups in total. The molecule has 7 nitrogen and oxygen atoms in total. The van der Waals surface area contributed by atoms with Crippen molar-refractivity contribution in [3.05, 3.63) is 64.3 Å². The van der Waals surface area contributed by atoms with Crippen molar-refractivity contribution < 1.29 is 14.7 Å². The molecule has 5 rings (SSSR count). The molecule has 0 saturated carbocycles. The number of benzene rings is 2. The molecule has 1 aromatic heterocycles. The van der Waals surface area contributed by atoms with Gasteiger partial charge in [0.1, 0.15) is 17.3 Å². The number of hydrogen-bond donors (Lipinski definition) is 2. The number of hydrogen-bond acceptors (Lipinski definition) is 4. The molecule has 35 heavy (non-hydrogen) atoms. The number of urea groups is 1. The van der Waals surface area contributed by atoms with E-state index in [4.69, 9.17) is 11.6 Å². The number of phenolic OH excluding ortho intramolecular Hbond substituents is 1. The molecule has 1 saturated heterocycles. The van der Waals surface area contributed by atoms with Crippen LogP contribution >= 0.6 is 11.6 Å². The number of imide groups is 1. The van der Waals surface area contributed by atoms with Gasteiger partial charge in [-0.25, -0.2) is 4.79 Å². The van der Waals surface area contributed by atoms with E-state index in [9.17, 15) is 14.7 Å². The topological polar surface area (TPSA) is 79.9 Å². The summed E-state index contributed by atoms with van der Waals surface area (Å²) in [5, 5.41) is 11.8. The van der Waals surface area contributed by atoms with Gasteiger partial charge in [0.2, 0.25) is 0 Å². The molecule has 3 amide bonds. The summed E-state index contributed by atoms with van der Waals surface area (Å²) in [5.74, 6) is -0.0567. The number of aromatic amines is 1. The highest BCUT2D eigenvalue weighted by Gasteiger charge is 2.60. The molecule has 1 fully saturated rings. The monoisotopic (exact) mass is 494 g/mol. The Bertz CT molecular complexity index is 1300. The fraction of sp³-hybridized carbons (Fsp3) is 0.407. The van der Waals surface area contributed by atoms with Crippen LogP contribution in [-0.4, -0.2) is 68.4 Å². The van der Waals surface area contributed by atoms with Gasteiger partial charge in [-0.1, -0.05) is 37.6 Å². The maximum Gasteiger partial charge on any atom is 0.328 e. The highest BCUT2D eigenvalue weighted by atomic mass is 35.5. The Morgan fingerprint density at radius 1 is 1.17 bits per heavy atom. The van der Waals surface area contributed by atoms with Crippen molar-refractivity contribution in [3.8, 4) is 5.75 Å². The predicted octanol–water partition coefficient (Wildman–Crippen LogP) is 4.93. The normalized spacial score (nSPS) is 21.8. The third-order valence-corrected chi connectivity index (χ3v) is 7.80. The second-order valence-corrected chi connectivity index (χ2v) is 10.1. The smallest absolute Gasteiger partial charge is 0.328 e. The van der Waals surface area contributed by atoms with Crippen LogP contribution < -0.4 is 0 Å². The van der Waals surface area contributed by atoms with E-state index in [0.29, 0.717) is 18.0 Å². The molecular weight excluding hydrogens is 464 g/mol. The summed E-state index contributed by atoms with van der Waals surface area (Å²) in [5.41, 5.74) is 2.47. The first-order valence-electron chi connectivity index (χ1n) is 12.2. The number of halogens is 1. The minimum Gasteiger partial charge on any atom is -0.508 e. The quantitative estimate of drug-likeness (QED) is 0.456. The van der Waals surface area contributed by atoms with E-state index in [-0.39, 0.29) is 17.7 Å². The third kappa shape index (κ3) is 3.78. The van der Waals surface area contributed by atoms with Gasteiger partial charge in [-0.15, -0.1) is 0 Å². The van der Waals surface area contributed by atoms with Gasteiger partial charge in [-0.05, 0) is 74.4 Å². The summed E-state index contributed by atoms with van der Waals surface area (Å²) < 4.78 is 0. The lowest BCUT2D eigenvalue weighted by Crippen LogP contribution is -2.53. The lowest BCUT2D eigenvalue weighted by Gasteiger charge is -2.42. The number of nitrogens with one attached hydrogen (secondary N) is 1. The van der Waals surface area contributed by atoms with Gasteiger partial charge in [-0.2, -0.15) is 0 Å². The summed E-state index contributed by atoms with van der Waals surface area (Å²) in [6.07, 6.45) is 1.12. The van der Waals surface area contributed by atoms with Gasteiger partial charge in [0, 0.05) is 34.6 Å². The number of nitrogens with zero attached hydrogens (tertiary/aromatic N) is 3. The van der Waals surface area contributed by atoms with E-state index in [1.165, 1.54) is 4.90 Å². The molecule has 3 heterocycles. The molecule has 2 aliphatic rings. The third-order valence-electron chi connectivity index (χ3n) is 7.56. The van der Waals surface area contributed by atoms with Crippen molar-refractivity contribution >= 4 is 34.4 Å². The molecular formula is C27H31ClN4O3. The highest BCUT2D eigenvalue weighted by Crippen LogP contribution is 2.49. The van der Waals surface area contributed by atoms with E-state index >= 15 is 0 Å². The lowest BCUT2D eigenvalue weighted by molar-refractivity contribution is -0.133. The lowest BCUT2D eigenvalue weighted by atomic mass is 9.81. The first-order valence-corrected chi connectivity index (χ1v) is 12.6. The zero-order chi connectivity index (χ0) is 24.9. The van der Waals surface area contributed by atoms with Gasteiger partial charge in [0.05, 0.1) is 0 Å². The number of aromatic nitrogens is 1. The second-order valence-electron chi connectivity index (χ2n) is 9.65. The fourth-order valence-electron chi connectivity index (χ4n) is 5.72. The van der Waals surface area contributed by atoms with Gasteiger partial charge in [-0.3, -0.25) is 14.6 Å². The Morgan fingerprint density at radius 2 is 1.94 bits per heavy atom. The first-order chi connectivity index (χ1) is 16.8. The van der Waals surface area contributed by atoms with E-state index in [1.807, 2.05) is 31.2 Å². The standard InChI is InChI=1S/C27H31ClN4O3/c1-4-30(5-2)12-7-13-31-25(34)27(3)16-21-20-15-18(28)10-11-22(20)29-23(21)24(32(27)26(31)35)17-8-6-9-19(33)14-17/h6,8-11,14-15,24,29,33H,4-5,7,12-13,16H2,1-3H3. The van der Waals surface area contributed by atoms with E-state index < -0.39 is 11.6 Å². The largest absolute Gasteiger partial charge is 0.508 e. The average Bonchev–Trinajstić information content (AvgIpc) is 3.27. The van der Waals surface area contributed by atoms with Crippen LogP contribution in [-0.2, 0) is 11.2 Å². The zero-order valence-electron chi connectivity index (χ0n) is 20.3. The molecule has 0 spiro atoms. The SMILES string of the molecule is CCN(CC)CCCN1C(=O)N2C(c3cccc(O)c3)c3[nH]c4ccc(Cl)cc4c3CC2(C)C1=O. The number of H-pyrrole nitrogens is 1. The Labute approximate surface area is 210 Å². The molecule has 0 aliphatic carbocycles. The molecule has 2 aliphatic heterocycles. The predicted molar refractivity (Wildman–Crippen MR) is 137 cm³/mol. The van der Waals surface area contributed by atoms with Crippen molar-refractivity contribution in [1.29, 1.82) is 0 Å². The number of fused-ring (bicyclic) bond motifs is 4. The number of phenols is 1. The number of carbonyl (C=O) groups excluding carboxylic acids is 2. The Balaban J connectivity index is 1.59. The Kier molecular flexibility index (Phi) is 6.01. The van der Waals surface area contributed by atoms with Crippen molar-refractivity contribution in [1.82, 2.24) is 19.7 Å². The fourth-order valence-corrected chi connectivity index (χ4v) is 5.89. The molecule has 8 heteroatoms. The van der Waals surface area contributed by atoms with E-state index in [2.05, 4.69) is 23.7 Å². The van der Waals surface area contributed by atoms with Crippen LogP contribution in [0.5, 0.6) is 5.75 Å². The Hall–Kier alpha value is -3.03. The van der Waals surface area contributed by atoms with Crippen LogP contribution in [0.15, 0.2) is 42.5 Å². The van der Waals surface area contributed by atoms with E-state index in [1.54, 1.807) is 23.1 Å². The van der Waals surface area contributed by atoms with Crippen molar-refractivity contribution in [2.75, 3.05) is 26.2 Å². The number of rotatable bonds is 7. The molecule has 0 radical (unpaired) electrons. The second kappa shape index (κ2) is 8.88. The van der Waals surface area contributed by atoms with Crippen molar-refractivity contribution in [3.63, 3.8) is 0 Å². The molecule has 2 aromatic carbocycles. The van der Waals surface area contributed by atoms with Crippen molar-refractivity contribution in [2.24, 2.45) is 0 Å². The van der Waals surface area contributed by atoms with Crippen LogP contribution in [0.3, 0.4) is 0 Å². The number of amides is 3. The number of carbonyl (C=O) groups is 2. The minimum atomic E-state index is -1.03. The summed E-state index contributed by atoms with van der Waals surface area (Å²) in [4.78, 5) is 36.6. The molecule has 0 bridgehead atoms. The van der Waals surface area contributed by atoms with Gasteiger partial charge in [0.25, 0.3) is 5.91 Å². The van der Waals surface area contributed by atoms with E-state index in [0.717, 1.165) is 53.8 Å². The summed E-state index contributed by atoms with van der Waals surface area (Å²) in [7, 11) is 0. The maximum absolute atomic E-state index is 13.8. The Morgan fingerprint density at radius 3 is 2.66 bits per heavy atom. The average molecular weight is 495 g/mol. The van der Waals surface area contributed by atoms with Gasteiger partial charge >= 0.3 is 6.03 Å². The van der Waals surface area contributed by atoms with Crippen LogP contribution in [0, 0.1) is 0 Å². The van der Waals surface area contributed by atoms with Crippen LogP contribution in [0.25, 0.3) is 10.9 Å². The minimum absolute atomic E-state index is 0.115. The first kappa shape index (κ1) is 23.7. The molecule has 2 unspecified atom stereocenters. The van der Waals surface area contributed by atoms with Crippen molar-refractivity contribution in [2.45, 2.75) is 45.2 Å². The number of aromatic hydroxyl groups is 1. The zero-order valence-corrected chi connectivity index (χ0v) is 21.1. The summed E-state index contributed by atoms with van der Waals surface area (Å²) in [6.45, 7) is 9.17. The van der Waals surface area contributed by atoms with Crippen LogP contribution in [0.4, 0.5) is 4.79 Å². The highest BCUT2D eigenvalue weighted by molar-refractivity contribution is 6.31. The molecule has 3 aromatic rings. The van der Waals surface area contributed by atoms with Crippen LogP contribution in [0.1, 0.15) is 50.1 Å². The molecule has 2 atom stereocenters.